The molecule has 0 saturated heterocycles. The van der Waals surface area contributed by atoms with Crippen LogP contribution in [0.2, 0.25) is 0 Å². The number of nitrogens with one attached hydrogen (secondary N) is 1. The van der Waals surface area contributed by atoms with E-state index in [9.17, 15) is 0 Å². The molecule has 1 aliphatic rings. The lowest BCUT2D eigenvalue weighted by Gasteiger charge is -2.08. The Morgan fingerprint density at radius 2 is 2.11 bits per heavy atom. The lowest BCUT2D eigenvalue weighted by atomic mass is 10.2. The fraction of sp³-hybridized carbons (Fsp3) is 0.500. The Labute approximate surface area is 113 Å². The topological polar surface area (TPSA) is 55.6 Å². The Balaban J connectivity index is 2.05. The predicted octanol–water partition coefficient (Wildman–Crippen LogP) is 2.45. The van der Waals surface area contributed by atoms with E-state index in [4.69, 9.17) is 4.98 Å². The van der Waals surface area contributed by atoms with E-state index in [0.29, 0.717) is 6.04 Å². The Morgan fingerprint density at radius 1 is 1.26 bits per heavy atom. The van der Waals surface area contributed by atoms with Crippen LogP contribution in [0.15, 0.2) is 12.4 Å². The second-order valence-electron chi connectivity index (χ2n) is 5.23. The molecule has 3 rings (SSSR count). The smallest absolute Gasteiger partial charge is 0.164 e. The molecule has 0 fully saturated rings. The number of rotatable bonds is 3. The first-order valence-corrected chi connectivity index (χ1v) is 6.81. The van der Waals surface area contributed by atoms with E-state index in [0.717, 1.165) is 30.0 Å². The van der Waals surface area contributed by atoms with Crippen LogP contribution in [-0.4, -0.2) is 26.8 Å². The maximum atomic E-state index is 4.70. The van der Waals surface area contributed by atoms with Crippen molar-refractivity contribution < 1.29 is 0 Å². The molecule has 19 heavy (non-hydrogen) atoms. The molecule has 0 spiro atoms. The molecule has 2 aromatic rings. The maximum Gasteiger partial charge on any atom is 0.164 e. The summed E-state index contributed by atoms with van der Waals surface area (Å²) < 4.78 is 1.94. The van der Waals surface area contributed by atoms with Crippen molar-refractivity contribution in [3.05, 3.63) is 23.7 Å². The first-order chi connectivity index (χ1) is 9.19. The number of hydrogen-bond donors (Lipinski definition) is 1. The van der Waals surface area contributed by atoms with Gasteiger partial charge in [0, 0.05) is 30.5 Å². The lowest BCUT2D eigenvalue weighted by molar-refractivity contribution is 0.532. The van der Waals surface area contributed by atoms with E-state index < -0.39 is 0 Å². The van der Waals surface area contributed by atoms with Gasteiger partial charge in [-0.05, 0) is 33.1 Å². The number of nitrogens with zero attached hydrogens (tertiary/aromatic N) is 4. The summed E-state index contributed by atoms with van der Waals surface area (Å²) in [7, 11) is 1.92. The van der Waals surface area contributed by atoms with Crippen LogP contribution in [0.25, 0.3) is 11.4 Å². The van der Waals surface area contributed by atoms with E-state index in [1.807, 2.05) is 24.1 Å². The summed E-state index contributed by atoms with van der Waals surface area (Å²) in [5, 5.41) is 7.55. The third-order valence-electron chi connectivity index (χ3n) is 3.56. The summed E-state index contributed by atoms with van der Waals surface area (Å²) in [6.07, 6.45) is 7.17. The van der Waals surface area contributed by atoms with Gasteiger partial charge >= 0.3 is 0 Å². The zero-order valence-electron chi connectivity index (χ0n) is 11.6. The van der Waals surface area contributed by atoms with Crippen molar-refractivity contribution in [3.8, 4) is 11.4 Å². The first-order valence-electron chi connectivity index (χ1n) is 6.81. The van der Waals surface area contributed by atoms with Crippen LogP contribution in [0.3, 0.4) is 0 Å². The van der Waals surface area contributed by atoms with Gasteiger partial charge in [0.2, 0.25) is 0 Å². The second kappa shape index (κ2) is 4.64. The number of hydrogen-bond acceptors (Lipinski definition) is 4. The molecule has 0 radical (unpaired) electrons. The normalized spacial score (nSPS) is 13.9. The van der Waals surface area contributed by atoms with Crippen LogP contribution in [0, 0.1) is 0 Å². The van der Waals surface area contributed by atoms with Gasteiger partial charge in [-0.2, -0.15) is 5.10 Å². The third kappa shape index (κ3) is 2.09. The van der Waals surface area contributed by atoms with Crippen molar-refractivity contribution >= 4 is 5.82 Å². The Hall–Kier alpha value is -1.91. The van der Waals surface area contributed by atoms with E-state index in [1.165, 1.54) is 17.7 Å². The minimum atomic E-state index is 0.354. The minimum absolute atomic E-state index is 0.354. The monoisotopic (exact) mass is 257 g/mol. The van der Waals surface area contributed by atoms with Crippen LogP contribution in [0.1, 0.15) is 37.6 Å². The average Bonchev–Trinajstić information content (AvgIpc) is 3.05. The molecule has 0 saturated carbocycles. The van der Waals surface area contributed by atoms with Crippen LogP contribution >= 0.6 is 0 Å². The minimum Gasteiger partial charge on any atom is -0.373 e. The van der Waals surface area contributed by atoms with Crippen LogP contribution < -0.4 is 5.32 Å². The van der Waals surface area contributed by atoms with Crippen LogP contribution in [0.4, 0.5) is 5.82 Å². The van der Waals surface area contributed by atoms with E-state index in [2.05, 4.69) is 29.2 Å². The first kappa shape index (κ1) is 12.1. The fourth-order valence-corrected chi connectivity index (χ4v) is 2.50. The fourth-order valence-electron chi connectivity index (χ4n) is 2.50. The molecule has 0 aromatic carbocycles. The molecule has 2 heterocycles. The van der Waals surface area contributed by atoms with Gasteiger partial charge in [0.25, 0.3) is 0 Å². The highest BCUT2D eigenvalue weighted by atomic mass is 15.3. The molecule has 5 nitrogen and oxygen atoms in total. The van der Waals surface area contributed by atoms with E-state index >= 15 is 0 Å². The van der Waals surface area contributed by atoms with Gasteiger partial charge in [-0.15, -0.1) is 0 Å². The van der Waals surface area contributed by atoms with Gasteiger partial charge in [0.1, 0.15) is 5.82 Å². The molecule has 2 aromatic heterocycles. The quantitative estimate of drug-likeness (QED) is 0.917. The summed E-state index contributed by atoms with van der Waals surface area (Å²) in [5.41, 5.74) is 3.45. The molecule has 100 valence electrons. The van der Waals surface area contributed by atoms with Crippen molar-refractivity contribution in [1.29, 1.82) is 0 Å². The lowest BCUT2D eigenvalue weighted by Crippen LogP contribution is -2.03. The molecule has 1 N–H and O–H groups in total. The number of fused-ring (bicyclic) bond motifs is 1. The molecule has 0 aliphatic heterocycles. The van der Waals surface area contributed by atoms with Crippen molar-refractivity contribution in [2.75, 3.05) is 12.4 Å². The summed E-state index contributed by atoms with van der Waals surface area (Å²) in [6, 6.07) is 0.354. The number of anilines is 1. The highest BCUT2D eigenvalue weighted by Gasteiger charge is 2.19. The van der Waals surface area contributed by atoms with Gasteiger partial charge < -0.3 is 5.32 Å². The summed E-state index contributed by atoms with van der Waals surface area (Å²) >= 11 is 0. The van der Waals surface area contributed by atoms with Gasteiger partial charge in [0.15, 0.2) is 5.82 Å². The molecule has 0 bridgehead atoms. The van der Waals surface area contributed by atoms with Crippen molar-refractivity contribution in [2.24, 2.45) is 0 Å². The van der Waals surface area contributed by atoms with Crippen molar-refractivity contribution in [3.63, 3.8) is 0 Å². The van der Waals surface area contributed by atoms with Crippen molar-refractivity contribution in [2.45, 2.75) is 39.2 Å². The third-order valence-corrected chi connectivity index (χ3v) is 3.56. The highest BCUT2D eigenvalue weighted by Crippen LogP contribution is 2.28. The standard InChI is InChI=1S/C14H19N5/c1-9(2)19-8-10(7-16-19)13-17-12-6-4-5-11(12)14(15-3)18-13/h7-9H,4-6H2,1-3H3,(H,15,17,18). The zero-order valence-corrected chi connectivity index (χ0v) is 11.6. The largest absolute Gasteiger partial charge is 0.373 e. The molecule has 1 aliphatic carbocycles. The number of aromatic nitrogens is 4. The van der Waals surface area contributed by atoms with Gasteiger partial charge in [-0.1, -0.05) is 0 Å². The van der Waals surface area contributed by atoms with Gasteiger partial charge in [0.05, 0.1) is 11.8 Å². The molecule has 0 atom stereocenters. The number of aryl methyl sites for hydroxylation is 1. The highest BCUT2D eigenvalue weighted by molar-refractivity contribution is 5.59. The maximum absolute atomic E-state index is 4.70. The zero-order chi connectivity index (χ0) is 13.4. The van der Waals surface area contributed by atoms with Gasteiger partial charge in [-0.3, -0.25) is 4.68 Å². The predicted molar refractivity (Wildman–Crippen MR) is 75.2 cm³/mol. The van der Waals surface area contributed by atoms with Crippen LogP contribution in [0.5, 0.6) is 0 Å². The Bertz CT molecular complexity index is 600. The van der Waals surface area contributed by atoms with Crippen LogP contribution in [-0.2, 0) is 12.8 Å². The molecular weight excluding hydrogens is 238 g/mol. The average molecular weight is 257 g/mol. The summed E-state index contributed by atoms with van der Waals surface area (Å²) in [5.74, 6) is 1.74. The molecule has 0 unspecified atom stereocenters. The summed E-state index contributed by atoms with van der Waals surface area (Å²) in [4.78, 5) is 9.33. The van der Waals surface area contributed by atoms with Gasteiger partial charge in [-0.25, -0.2) is 9.97 Å². The SMILES string of the molecule is CNc1nc(-c2cnn(C(C)C)c2)nc2c1CCC2. The molecule has 0 amide bonds. The molecule has 5 heteroatoms. The Morgan fingerprint density at radius 3 is 2.79 bits per heavy atom. The molecular formula is C14H19N5. The van der Waals surface area contributed by atoms with Crippen molar-refractivity contribution in [1.82, 2.24) is 19.7 Å². The van der Waals surface area contributed by atoms with E-state index in [-0.39, 0.29) is 0 Å². The second-order valence-corrected chi connectivity index (χ2v) is 5.23. The van der Waals surface area contributed by atoms with E-state index in [1.54, 1.807) is 0 Å². The Kier molecular flexibility index (Phi) is 2.97. The summed E-state index contributed by atoms with van der Waals surface area (Å²) in [6.45, 7) is 4.22.